The first-order chi connectivity index (χ1) is 13.0. The fourth-order valence-electron chi connectivity index (χ4n) is 2.30. The Labute approximate surface area is 158 Å². The number of aromatic nitrogens is 3. The second kappa shape index (κ2) is 7.96. The molecule has 1 N–H and O–H groups in total. The van der Waals surface area contributed by atoms with Crippen molar-refractivity contribution in [2.45, 2.75) is 0 Å². The molecule has 0 atom stereocenters. The molecule has 2 aromatic heterocycles. The molecule has 0 saturated carbocycles. The standard InChI is InChI=1S/C17H15N5O4S/c1-21-14(23)5-4-12(20-21)15(24)19-7-8-22-16(25)13(27-17(22)26)9-11-3-2-6-18-10-11/h2-6,9-10H,7-8H2,1H3,(H,19,24)/b13-9-. The van der Waals surface area contributed by atoms with E-state index in [1.807, 2.05) is 0 Å². The molecule has 2 aromatic rings. The summed E-state index contributed by atoms with van der Waals surface area (Å²) in [6, 6.07) is 6.07. The molecule has 0 aliphatic carbocycles. The molecule has 0 unspecified atom stereocenters. The number of hydrogen-bond donors (Lipinski definition) is 1. The average molecular weight is 385 g/mol. The Hall–Kier alpha value is -3.27. The van der Waals surface area contributed by atoms with Crippen LogP contribution in [0.1, 0.15) is 16.1 Å². The Morgan fingerprint density at radius 3 is 2.78 bits per heavy atom. The van der Waals surface area contributed by atoms with Crippen molar-refractivity contribution in [2.24, 2.45) is 7.05 Å². The second-order valence-corrected chi connectivity index (χ2v) is 6.55. The van der Waals surface area contributed by atoms with Gasteiger partial charge in [0, 0.05) is 38.6 Å². The summed E-state index contributed by atoms with van der Waals surface area (Å²) in [5.41, 5.74) is 0.463. The fourth-order valence-corrected chi connectivity index (χ4v) is 3.17. The zero-order valence-electron chi connectivity index (χ0n) is 14.3. The number of nitrogens with zero attached hydrogens (tertiary/aromatic N) is 4. The van der Waals surface area contributed by atoms with Crippen molar-refractivity contribution < 1.29 is 14.4 Å². The summed E-state index contributed by atoms with van der Waals surface area (Å²) in [5, 5.41) is 6.02. The number of carbonyl (C=O) groups excluding carboxylic acids is 3. The number of aryl methyl sites for hydroxylation is 1. The van der Waals surface area contributed by atoms with Gasteiger partial charge in [0.05, 0.1) is 4.91 Å². The van der Waals surface area contributed by atoms with Crippen molar-refractivity contribution in [3.8, 4) is 0 Å². The molecule has 0 spiro atoms. The van der Waals surface area contributed by atoms with Gasteiger partial charge in [0.25, 0.3) is 22.6 Å². The Kier molecular flexibility index (Phi) is 5.46. The van der Waals surface area contributed by atoms with Crippen LogP contribution in [-0.2, 0) is 11.8 Å². The molecule has 27 heavy (non-hydrogen) atoms. The van der Waals surface area contributed by atoms with E-state index in [2.05, 4.69) is 15.4 Å². The van der Waals surface area contributed by atoms with Crippen LogP contribution >= 0.6 is 11.8 Å². The van der Waals surface area contributed by atoms with Gasteiger partial charge in [0.15, 0.2) is 0 Å². The molecule has 0 bridgehead atoms. The predicted octanol–water partition coefficient (Wildman–Crippen LogP) is 0.642. The van der Waals surface area contributed by atoms with Crippen LogP contribution in [-0.4, -0.2) is 49.8 Å². The third-order valence-corrected chi connectivity index (χ3v) is 4.58. The summed E-state index contributed by atoms with van der Waals surface area (Å²) in [5.74, 6) is -0.910. The number of thioether (sulfide) groups is 1. The Morgan fingerprint density at radius 1 is 1.26 bits per heavy atom. The van der Waals surface area contributed by atoms with Gasteiger partial charge in [-0.15, -0.1) is 0 Å². The van der Waals surface area contributed by atoms with Gasteiger partial charge >= 0.3 is 0 Å². The van der Waals surface area contributed by atoms with Gasteiger partial charge in [0.2, 0.25) is 0 Å². The first-order valence-corrected chi connectivity index (χ1v) is 8.75. The molecule has 3 rings (SSSR count). The molecule has 138 valence electrons. The SMILES string of the molecule is Cn1nc(C(=O)NCCN2C(=O)S/C(=C\c3cccnc3)C2=O)ccc1=O. The van der Waals surface area contributed by atoms with Crippen molar-refractivity contribution in [1.29, 1.82) is 0 Å². The number of hydrogen-bond acceptors (Lipinski definition) is 7. The topological polar surface area (TPSA) is 114 Å². The molecular weight excluding hydrogens is 370 g/mol. The Balaban J connectivity index is 1.59. The number of rotatable bonds is 5. The summed E-state index contributed by atoms with van der Waals surface area (Å²) >= 11 is 0.843. The zero-order chi connectivity index (χ0) is 19.4. The van der Waals surface area contributed by atoms with Gasteiger partial charge in [0.1, 0.15) is 5.69 Å². The summed E-state index contributed by atoms with van der Waals surface area (Å²) < 4.78 is 1.05. The summed E-state index contributed by atoms with van der Waals surface area (Å²) in [6.07, 6.45) is 4.81. The van der Waals surface area contributed by atoms with E-state index in [1.165, 1.54) is 19.2 Å². The number of imide groups is 1. The maximum atomic E-state index is 12.4. The molecule has 1 fully saturated rings. The van der Waals surface area contributed by atoms with Gasteiger partial charge in [-0.25, -0.2) is 4.68 Å². The lowest BCUT2D eigenvalue weighted by molar-refractivity contribution is -0.122. The van der Waals surface area contributed by atoms with Crippen molar-refractivity contribution >= 4 is 34.9 Å². The minimum Gasteiger partial charge on any atom is -0.349 e. The van der Waals surface area contributed by atoms with Crippen molar-refractivity contribution in [3.63, 3.8) is 0 Å². The maximum absolute atomic E-state index is 12.4. The van der Waals surface area contributed by atoms with Gasteiger partial charge in [-0.05, 0) is 35.5 Å². The van der Waals surface area contributed by atoms with E-state index in [0.717, 1.165) is 26.9 Å². The predicted molar refractivity (Wildman–Crippen MR) is 98.7 cm³/mol. The van der Waals surface area contributed by atoms with Crippen molar-refractivity contribution in [2.75, 3.05) is 13.1 Å². The number of amides is 3. The lowest BCUT2D eigenvalue weighted by Crippen LogP contribution is -2.38. The van der Waals surface area contributed by atoms with Gasteiger partial charge in [-0.1, -0.05) is 6.07 Å². The normalized spacial score (nSPS) is 15.4. The summed E-state index contributed by atoms with van der Waals surface area (Å²) in [4.78, 5) is 53.1. The van der Waals surface area contributed by atoms with Crippen molar-refractivity contribution in [3.05, 3.63) is 63.2 Å². The molecule has 1 aliphatic rings. The monoisotopic (exact) mass is 385 g/mol. The zero-order valence-corrected chi connectivity index (χ0v) is 15.1. The molecule has 1 saturated heterocycles. The van der Waals surface area contributed by atoms with Crippen LogP contribution in [0.15, 0.2) is 46.4 Å². The van der Waals surface area contributed by atoms with Gasteiger partial charge in [-0.2, -0.15) is 5.10 Å². The van der Waals surface area contributed by atoms with Crippen LogP contribution in [0.4, 0.5) is 4.79 Å². The van der Waals surface area contributed by atoms with Crippen LogP contribution in [0, 0.1) is 0 Å². The van der Waals surface area contributed by atoms with E-state index >= 15 is 0 Å². The molecule has 0 radical (unpaired) electrons. The average Bonchev–Trinajstić information content (AvgIpc) is 2.92. The summed E-state index contributed by atoms with van der Waals surface area (Å²) in [6.45, 7) is 0.105. The van der Waals surface area contributed by atoms with Gasteiger partial charge in [-0.3, -0.25) is 29.1 Å². The molecule has 0 aromatic carbocycles. The third-order valence-electron chi connectivity index (χ3n) is 3.67. The van der Waals surface area contributed by atoms with Gasteiger partial charge < -0.3 is 5.32 Å². The number of nitrogens with one attached hydrogen (secondary N) is 1. The fraction of sp³-hybridized carbons (Fsp3) is 0.176. The smallest absolute Gasteiger partial charge is 0.293 e. The van der Waals surface area contributed by atoms with Crippen LogP contribution in [0.25, 0.3) is 6.08 Å². The lowest BCUT2D eigenvalue weighted by Gasteiger charge is -2.12. The molecule has 10 heteroatoms. The highest BCUT2D eigenvalue weighted by Crippen LogP contribution is 2.31. The first-order valence-electron chi connectivity index (χ1n) is 7.93. The van der Waals surface area contributed by atoms with Crippen LogP contribution in [0.5, 0.6) is 0 Å². The lowest BCUT2D eigenvalue weighted by atomic mass is 10.2. The quantitative estimate of drug-likeness (QED) is 0.751. The van der Waals surface area contributed by atoms with Crippen LogP contribution in [0.3, 0.4) is 0 Å². The molecular formula is C17H15N5O4S. The highest BCUT2D eigenvalue weighted by Gasteiger charge is 2.34. The highest BCUT2D eigenvalue weighted by molar-refractivity contribution is 8.18. The Bertz CT molecular complexity index is 986. The largest absolute Gasteiger partial charge is 0.349 e. The second-order valence-electron chi connectivity index (χ2n) is 5.56. The number of carbonyl (C=O) groups is 3. The van der Waals surface area contributed by atoms with E-state index in [-0.39, 0.29) is 24.3 Å². The third kappa shape index (κ3) is 4.29. The first kappa shape index (κ1) is 18.5. The Morgan fingerprint density at radius 2 is 2.07 bits per heavy atom. The van der Waals surface area contributed by atoms with Crippen molar-refractivity contribution in [1.82, 2.24) is 25.0 Å². The van der Waals surface area contributed by atoms with E-state index in [1.54, 1.807) is 30.6 Å². The number of pyridine rings is 1. The maximum Gasteiger partial charge on any atom is 0.293 e. The minimum absolute atomic E-state index is 0.0343. The highest BCUT2D eigenvalue weighted by atomic mass is 32.2. The molecule has 1 aliphatic heterocycles. The van der Waals surface area contributed by atoms with Crippen LogP contribution < -0.4 is 10.9 Å². The van der Waals surface area contributed by atoms with E-state index in [0.29, 0.717) is 4.91 Å². The molecule has 9 nitrogen and oxygen atoms in total. The summed E-state index contributed by atoms with van der Waals surface area (Å²) in [7, 11) is 1.44. The van der Waals surface area contributed by atoms with Crippen LogP contribution in [0.2, 0.25) is 0 Å². The molecule has 3 heterocycles. The minimum atomic E-state index is -0.497. The molecule has 3 amide bonds. The van der Waals surface area contributed by atoms with E-state index in [9.17, 15) is 19.2 Å². The van der Waals surface area contributed by atoms with E-state index < -0.39 is 17.1 Å². The van der Waals surface area contributed by atoms with E-state index in [4.69, 9.17) is 0 Å².